The van der Waals surface area contributed by atoms with Crippen LogP contribution in [0.2, 0.25) is 5.02 Å². The molecule has 8 heteroatoms. The molecule has 1 atom stereocenters. The number of pyridine rings is 1. The molecule has 0 radical (unpaired) electrons. The first-order chi connectivity index (χ1) is 13.1. The van der Waals surface area contributed by atoms with Gasteiger partial charge in [-0.3, -0.25) is 9.78 Å². The summed E-state index contributed by atoms with van der Waals surface area (Å²) in [6, 6.07) is 10.4. The Kier molecular flexibility index (Phi) is 6.30. The number of nitrogens with one attached hydrogen (secondary N) is 1. The second kappa shape index (κ2) is 9.07. The maximum absolute atomic E-state index is 12.1. The van der Waals surface area contributed by atoms with E-state index in [2.05, 4.69) is 20.3 Å². The summed E-state index contributed by atoms with van der Waals surface area (Å²) in [5.74, 6) is 0.693. The average molecular weight is 385 g/mol. The third-order valence-electron chi connectivity index (χ3n) is 3.59. The number of hydrogen-bond acceptors (Lipinski definition) is 6. The van der Waals surface area contributed by atoms with Crippen molar-refractivity contribution in [2.45, 2.75) is 6.10 Å². The summed E-state index contributed by atoms with van der Waals surface area (Å²) < 4.78 is 5.43. The van der Waals surface area contributed by atoms with Gasteiger partial charge in [0.1, 0.15) is 18.5 Å². The highest BCUT2D eigenvalue weighted by molar-refractivity contribution is 6.30. The van der Waals surface area contributed by atoms with Gasteiger partial charge in [-0.2, -0.15) is 0 Å². The second-order valence-corrected chi connectivity index (χ2v) is 6.10. The van der Waals surface area contributed by atoms with Crippen LogP contribution in [0.1, 0.15) is 10.4 Å². The van der Waals surface area contributed by atoms with Crippen LogP contribution in [-0.4, -0.2) is 45.2 Å². The fourth-order valence-electron chi connectivity index (χ4n) is 2.18. The Bertz CT molecular complexity index is 874. The zero-order valence-electron chi connectivity index (χ0n) is 14.2. The minimum absolute atomic E-state index is 0.0385. The van der Waals surface area contributed by atoms with Crippen molar-refractivity contribution in [2.24, 2.45) is 0 Å². The number of halogens is 1. The molecule has 1 amide bonds. The number of nitrogens with zero attached hydrogens (tertiary/aromatic N) is 3. The van der Waals surface area contributed by atoms with Crippen LogP contribution >= 0.6 is 11.6 Å². The standard InChI is InChI=1S/C19H17ClN4O3/c20-15-3-5-17(6-4-15)27-12-16(25)11-24-19(26)14-9-22-18(23-10-14)13-2-1-7-21-8-13/h1-10,16,25H,11-12H2,(H,24,26)/t16-/m1/s1. The Labute approximate surface area is 161 Å². The molecule has 0 fully saturated rings. The van der Waals surface area contributed by atoms with Crippen LogP contribution in [0.5, 0.6) is 5.75 Å². The van der Waals surface area contributed by atoms with Crippen LogP contribution in [-0.2, 0) is 0 Å². The maximum Gasteiger partial charge on any atom is 0.254 e. The lowest BCUT2D eigenvalue weighted by molar-refractivity contribution is 0.0843. The van der Waals surface area contributed by atoms with E-state index in [9.17, 15) is 9.90 Å². The fraction of sp³-hybridized carbons (Fsp3) is 0.158. The van der Waals surface area contributed by atoms with Crippen molar-refractivity contribution in [3.63, 3.8) is 0 Å². The van der Waals surface area contributed by atoms with E-state index in [4.69, 9.17) is 16.3 Å². The number of amides is 1. The number of aliphatic hydroxyl groups excluding tert-OH is 1. The smallest absolute Gasteiger partial charge is 0.254 e. The Hall–Kier alpha value is -3.03. The maximum atomic E-state index is 12.1. The molecule has 0 unspecified atom stereocenters. The number of ether oxygens (including phenoxy) is 1. The Morgan fingerprint density at radius 1 is 1.15 bits per heavy atom. The molecule has 0 aliphatic carbocycles. The van der Waals surface area contributed by atoms with Crippen molar-refractivity contribution >= 4 is 17.5 Å². The number of carbonyl (C=O) groups excluding carboxylic acids is 1. The van der Waals surface area contributed by atoms with Gasteiger partial charge in [0.25, 0.3) is 5.91 Å². The van der Waals surface area contributed by atoms with Gasteiger partial charge in [0.05, 0.1) is 5.56 Å². The van der Waals surface area contributed by atoms with Gasteiger partial charge in [-0.15, -0.1) is 0 Å². The van der Waals surface area contributed by atoms with Gasteiger partial charge < -0.3 is 15.2 Å². The zero-order valence-corrected chi connectivity index (χ0v) is 15.0. The van der Waals surface area contributed by atoms with E-state index in [0.717, 1.165) is 5.56 Å². The summed E-state index contributed by atoms with van der Waals surface area (Å²) in [5, 5.41) is 13.2. The largest absolute Gasteiger partial charge is 0.491 e. The molecule has 2 N–H and O–H groups in total. The molecule has 27 heavy (non-hydrogen) atoms. The predicted molar refractivity (Wildman–Crippen MR) is 101 cm³/mol. The molecule has 0 saturated carbocycles. The molecule has 0 aliphatic rings. The van der Waals surface area contributed by atoms with Crippen molar-refractivity contribution in [3.8, 4) is 17.1 Å². The molecule has 3 rings (SSSR count). The van der Waals surface area contributed by atoms with Crippen LogP contribution < -0.4 is 10.1 Å². The van der Waals surface area contributed by atoms with Crippen molar-refractivity contribution in [3.05, 3.63) is 71.8 Å². The number of aliphatic hydroxyl groups is 1. The van der Waals surface area contributed by atoms with Gasteiger partial charge in [-0.05, 0) is 36.4 Å². The number of aromatic nitrogens is 3. The lowest BCUT2D eigenvalue weighted by Gasteiger charge is -2.13. The van der Waals surface area contributed by atoms with Crippen molar-refractivity contribution in [1.29, 1.82) is 0 Å². The molecule has 138 valence electrons. The summed E-state index contributed by atoms with van der Waals surface area (Å²) in [5.41, 5.74) is 1.06. The van der Waals surface area contributed by atoms with E-state index < -0.39 is 6.10 Å². The van der Waals surface area contributed by atoms with Crippen LogP contribution in [0.4, 0.5) is 0 Å². The molecule has 1 aromatic carbocycles. The minimum Gasteiger partial charge on any atom is -0.491 e. The van der Waals surface area contributed by atoms with E-state index >= 15 is 0 Å². The minimum atomic E-state index is -0.861. The molecule has 0 saturated heterocycles. The SMILES string of the molecule is O=C(NC[C@@H](O)COc1ccc(Cl)cc1)c1cnc(-c2cccnc2)nc1. The summed E-state index contributed by atoms with van der Waals surface area (Å²) in [4.78, 5) is 24.5. The fourth-order valence-corrected chi connectivity index (χ4v) is 2.31. The van der Waals surface area contributed by atoms with Gasteiger partial charge in [0.2, 0.25) is 0 Å². The van der Waals surface area contributed by atoms with E-state index in [1.807, 2.05) is 6.07 Å². The normalized spacial score (nSPS) is 11.6. The topological polar surface area (TPSA) is 97.2 Å². The highest BCUT2D eigenvalue weighted by Crippen LogP contribution is 2.15. The lowest BCUT2D eigenvalue weighted by Crippen LogP contribution is -2.35. The summed E-state index contributed by atoms with van der Waals surface area (Å²) in [6.07, 6.45) is 5.31. The molecule has 2 heterocycles. The molecule has 0 spiro atoms. The van der Waals surface area contributed by atoms with Crippen LogP contribution in [0.15, 0.2) is 61.2 Å². The van der Waals surface area contributed by atoms with Crippen molar-refractivity contribution in [1.82, 2.24) is 20.3 Å². The third kappa shape index (κ3) is 5.47. The second-order valence-electron chi connectivity index (χ2n) is 5.67. The number of benzene rings is 1. The van der Waals surface area contributed by atoms with Gasteiger partial charge >= 0.3 is 0 Å². The first-order valence-electron chi connectivity index (χ1n) is 8.19. The van der Waals surface area contributed by atoms with E-state index in [-0.39, 0.29) is 19.1 Å². The number of hydrogen-bond donors (Lipinski definition) is 2. The van der Waals surface area contributed by atoms with E-state index in [1.165, 1.54) is 12.4 Å². The van der Waals surface area contributed by atoms with Crippen LogP contribution in [0, 0.1) is 0 Å². The van der Waals surface area contributed by atoms with Gasteiger partial charge in [0.15, 0.2) is 5.82 Å². The molecule has 0 bridgehead atoms. The number of rotatable bonds is 7. The highest BCUT2D eigenvalue weighted by atomic mass is 35.5. The van der Waals surface area contributed by atoms with Gasteiger partial charge in [-0.1, -0.05) is 11.6 Å². The summed E-state index contributed by atoms with van der Waals surface area (Å²) >= 11 is 5.80. The monoisotopic (exact) mass is 384 g/mol. The molecule has 3 aromatic rings. The zero-order chi connectivity index (χ0) is 19.1. The van der Waals surface area contributed by atoms with Gasteiger partial charge in [-0.25, -0.2) is 9.97 Å². The lowest BCUT2D eigenvalue weighted by atomic mass is 10.2. The third-order valence-corrected chi connectivity index (χ3v) is 3.84. The van der Waals surface area contributed by atoms with Gasteiger partial charge in [0, 0.05) is 41.9 Å². The summed E-state index contributed by atoms with van der Waals surface area (Å²) in [6.45, 7) is 0.0785. The quantitative estimate of drug-likeness (QED) is 0.649. The Morgan fingerprint density at radius 3 is 2.56 bits per heavy atom. The average Bonchev–Trinajstić information content (AvgIpc) is 2.72. The predicted octanol–water partition coefficient (Wildman–Crippen LogP) is 2.36. The molecular formula is C19H17ClN4O3. The first-order valence-corrected chi connectivity index (χ1v) is 8.56. The molecule has 0 aliphatic heterocycles. The Balaban J connectivity index is 1.47. The first kappa shape index (κ1) is 18.8. The van der Waals surface area contributed by atoms with Crippen molar-refractivity contribution < 1.29 is 14.6 Å². The Morgan fingerprint density at radius 2 is 1.89 bits per heavy atom. The van der Waals surface area contributed by atoms with E-state index in [0.29, 0.717) is 22.2 Å². The highest BCUT2D eigenvalue weighted by Gasteiger charge is 2.11. The van der Waals surface area contributed by atoms with Crippen LogP contribution in [0.3, 0.4) is 0 Å². The van der Waals surface area contributed by atoms with E-state index in [1.54, 1.807) is 42.7 Å². The molecule has 2 aromatic heterocycles. The molecule has 7 nitrogen and oxygen atoms in total. The van der Waals surface area contributed by atoms with Crippen LogP contribution in [0.25, 0.3) is 11.4 Å². The van der Waals surface area contributed by atoms with Crippen molar-refractivity contribution in [2.75, 3.05) is 13.2 Å². The number of carbonyl (C=O) groups is 1. The summed E-state index contributed by atoms with van der Waals surface area (Å²) in [7, 11) is 0. The molecular weight excluding hydrogens is 368 g/mol.